The van der Waals surface area contributed by atoms with Crippen molar-refractivity contribution in [3.05, 3.63) is 57.3 Å². The molecule has 3 rings (SSSR count). The SMILES string of the molecule is COCCN(C)Cc1cc(-c2nc(N)c(C#N)c(-c3ccc(C(F)(F)F)cc3)c2C#N)cs1. The highest BCUT2D eigenvalue weighted by Crippen LogP contribution is 2.38. The van der Waals surface area contributed by atoms with Crippen LogP contribution in [0.4, 0.5) is 19.0 Å². The summed E-state index contributed by atoms with van der Waals surface area (Å²) in [6.45, 7) is 2.00. The monoisotopic (exact) mass is 471 g/mol. The Morgan fingerprint density at radius 3 is 2.36 bits per heavy atom. The van der Waals surface area contributed by atoms with Crippen molar-refractivity contribution in [2.24, 2.45) is 0 Å². The molecule has 0 aliphatic heterocycles. The van der Waals surface area contributed by atoms with Crippen LogP contribution in [0.5, 0.6) is 0 Å². The molecule has 0 aliphatic rings. The summed E-state index contributed by atoms with van der Waals surface area (Å²) in [7, 11) is 3.59. The summed E-state index contributed by atoms with van der Waals surface area (Å²) >= 11 is 1.48. The minimum absolute atomic E-state index is 0.0511. The number of aromatic nitrogens is 1. The lowest BCUT2D eigenvalue weighted by Gasteiger charge is -2.15. The van der Waals surface area contributed by atoms with Crippen LogP contribution in [-0.4, -0.2) is 37.2 Å². The van der Waals surface area contributed by atoms with E-state index in [-0.39, 0.29) is 33.8 Å². The molecule has 1 aromatic carbocycles. The van der Waals surface area contributed by atoms with E-state index < -0.39 is 11.7 Å². The second kappa shape index (κ2) is 10.0. The fourth-order valence-corrected chi connectivity index (χ4v) is 4.28. The minimum Gasteiger partial charge on any atom is -0.383 e. The number of nitriles is 2. The molecule has 2 heterocycles. The topological polar surface area (TPSA) is 99.0 Å². The van der Waals surface area contributed by atoms with E-state index in [0.29, 0.717) is 18.7 Å². The van der Waals surface area contributed by atoms with Gasteiger partial charge in [-0.1, -0.05) is 12.1 Å². The molecule has 6 nitrogen and oxygen atoms in total. The van der Waals surface area contributed by atoms with Gasteiger partial charge in [0.25, 0.3) is 0 Å². The van der Waals surface area contributed by atoms with Gasteiger partial charge in [-0.05, 0) is 30.8 Å². The van der Waals surface area contributed by atoms with E-state index in [0.717, 1.165) is 23.6 Å². The van der Waals surface area contributed by atoms with E-state index in [2.05, 4.69) is 16.0 Å². The van der Waals surface area contributed by atoms with Crippen molar-refractivity contribution in [3.63, 3.8) is 0 Å². The highest BCUT2D eigenvalue weighted by atomic mass is 32.1. The van der Waals surface area contributed by atoms with Crippen molar-refractivity contribution < 1.29 is 17.9 Å². The van der Waals surface area contributed by atoms with Crippen LogP contribution in [-0.2, 0) is 17.5 Å². The molecule has 0 aliphatic carbocycles. The normalized spacial score (nSPS) is 11.4. The molecule has 10 heteroatoms. The lowest BCUT2D eigenvalue weighted by Crippen LogP contribution is -2.21. The van der Waals surface area contributed by atoms with Gasteiger partial charge < -0.3 is 10.5 Å². The maximum atomic E-state index is 13.0. The Labute approximate surface area is 193 Å². The third-order valence-electron chi connectivity index (χ3n) is 4.98. The van der Waals surface area contributed by atoms with Crippen molar-refractivity contribution in [3.8, 4) is 34.5 Å². The Morgan fingerprint density at radius 1 is 1.12 bits per heavy atom. The molecule has 0 bridgehead atoms. The fourth-order valence-electron chi connectivity index (χ4n) is 3.33. The fraction of sp³-hybridized carbons (Fsp3) is 0.261. The van der Waals surface area contributed by atoms with E-state index in [1.54, 1.807) is 7.11 Å². The van der Waals surface area contributed by atoms with Gasteiger partial charge in [0.05, 0.1) is 23.4 Å². The standard InChI is InChI=1S/C23H20F3N5OS/c1-31(7-8-32-2)12-17-9-15(13-33-17)21-18(10-27)20(19(11-28)22(29)30-21)14-3-5-16(6-4-14)23(24,25)26/h3-6,9,13H,7-8,12H2,1-2H3,(H2,29,30). The zero-order valence-electron chi connectivity index (χ0n) is 17.9. The molecular weight excluding hydrogens is 451 g/mol. The van der Waals surface area contributed by atoms with E-state index >= 15 is 0 Å². The van der Waals surface area contributed by atoms with Crippen LogP contribution >= 0.6 is 11.3 Å². The molecular formula is C23H20F3N5OS. The zero-order valence-corrected chi connectivity index (χ0v) is 18.7. The highest BCUT2D eigenvalue weighted by Gasteiger charge is 2.30. The molecule has 0 atom stereocenters. The Balaban J connectivity index is 2.08. The lowest BCUT2D eigenvalue weighted by atomic mass is 9.92. The first-order valence-electron chi connectivity index (χ1n) is 9.76. The van der Waals surface area contributed by atoms with Gasteiger partial charge in [-0.2, -0.15) is 23.7 Å². The molecule has 0 saturated carbocycles. The first kappa shape index (κ1) is 24.2. The van der Waals surface area contributed by atoms with Crippen LogP contribution in [0.1, 0.15) is 21.6 Å². The van der Waals surface area contributed by atoms with Crippen LogP contribution in [0.15, 0.2) is 35.7 Å². The number of nitrogens with zero attached hydrogens (tertiary/aromatic N) is 4. The Bertz CT molecular complexity index is 1220. The smallest absolute Gasteiger partial charge is 0.383 e. The number of methoxy groups -OCH3 is 1. The van der Waals surface area contributed by atoms with Crippen LogP contribution in [0.3, 0.4) is 0 Å². The van der Waals surface area contributed by atoms with Gasteiger partial charge in [-0.3, -0.25) is 4.90 Å². The van der Waals surface area contributed by atoms with E-state index in [1.165, 1.54) is 23.5 Å². The van der Waals surface area contributed by atoms with E-state index in [4.69, 9.17) is 10.5 Å². The number of hydrogen-bond acceptors (Lipinski definition) is 7. The summed E-state index contributed by atoms with van der Waals surface area (Å²) in [5.41, 5.74) is 6.61. The van der Waals surface area contributed by atoms with E-state index in [9.17, 15) is 23.7 Å². The first-order chi connectivity index (χ1) is 15.7. The number of alkyl halides is 3. The number of anilines is 1. The molecule has 0 unspecified atom stereocenters. The van der Waals surface area contributed by atoms with E-state index in [1.807, 2.05) is 24.6 Å². The second-order valence-electron chi connectivity index (χ2n) is 7.30. The Hall–Kier alpha value is -3.44. The van der Waals surface area contributed by atoms with Crippen molar-refractivity contribution in [2.45, 2.75) is 12.7 Å². The highest BCUT2D eigenvalue weighted by molar-refractivity contribution is 7.10. The summed E-state index contributed by atoms with van der Waals surface area (Å²) in [4.78, 5) is 7.40. The van der Waals surface area contributed by atoms with Gasteiger partial charge in [0, 0.05) is 41.6 Å². The van der Waals surface area contributed by atoms with Gasteiger partial charge >= 0.3 is 6.18 Å². The zero-order chi connectivity index (χ0) is 24.2. The molecule has 0 fully saturated rings. The number of ether oxygens (including phenoxy) is 1. The summed E-state index contributed by atoms with van der Waals surface area (Å²) in [6, 6.07) is 10.2. The Morgan fingerprint density at radius 2 is 1.79 bits per heavy atom. The molecule has 0 spiro atoms. The van der Waals surface area contributed by atoms with Crippen LogP contribution in [0, 0.1) is 22.7 Å². The van der Waals surface area contributed by atoms with Crippen LogP contribution < -0.4 is 5.73 Å². The molecule has 170 valence electrons. The van der Waals surface area contributed by atoms with Crippen molar-refractivity contribution in [1.82, 2.24) is 9.88 Å². The molecule has 0 amide bonds. The maximum absolute atomic E-state index is 13.0. The van der Waals surface area contributed by atoms with Crippen LogP contribution in [0.2, 0.25) is 0 Å². The average Bonchev–Trinajstić information content (AvgIpc) is 3.24. The molecule has 2 N–H and O–H groups in total. The molecule has 0 saturated heterocycles. The summed E-state index contributed by atoms with van der Waals surface area (Å²) in [6.07, 6.45) is -4.50. The van der Waals surface area contributed by atoms with Crippen molar-refractivity contribution >= 4 is 17.2 Å². The van der Waals surface area contributed by atoms with Crippen molar-refractivity contribution in [2.75, 3.05) is 33.0 Å². The van der Waals surface area contributed by atoms with Crippen LogP contribution in [0.25, 0.3) is 22.4 Å². The van der Waals surface area contributed by atoms with Gasteiger partial charge in [0.1, 0.15) is 23.5 Å². The summed E-state index contributed by atoms with van der Waals surface area (Å²) < 4.78 is 44.0. The molecule has 0 radical (unpaired) electrons. The number of likely N-dealkylation sites (N-methyl/N-ethyl adjacent to an activating group) is 1. The van der Waals surface area contributed by atoms with Gasteiger partial charge in [0.15, 0.2) is 0 Å². The predicted octanol–water partition coefficient (Wildman–Crippen LogP) is 4.90. The maximum Gasteiger partial charge on any atom is 0.416 e. The first-order valence-corrected chi connectivity index (χ1v) is 10.6. The number of pyridine rings is 1. The largest absolute Gasteiger partial charge is 0.416 e. The number of nitrogens with two attached hydrogens (primary N) is 1. The molecule has 33 heavy (non-hydrogen) atoms. The average molecular weight is 472 g/mol. The molecule has 2 aromatic heterocycles. The number of halogens is 3. The number of rotatable bonds is 7. The predicted molar refractivity (Wildman–Crippen MR) is 120 cm³/mol. The number of benzene rings is 1. The van der Waals surface area contributed by atoms with Gasteiger partial charge in [-0.25, -0.2) is 4.98 Å². The third kappa shape index (κ3) is 5.32. The summed E-state index contributed by atoms with van der Waals surface area (Å²) in [5, 5.41) is 21.4. The lowest BCUT2D eigenvalue weighted by molar-refractivity contribution is -0.137. The van der Waals surface area contributed by atoms with Gasteiger partial charge in [-0.15, -0.1) is 11.3 Å². The summed E-state index contributed by atoms with van der Waals surface area (Å²) in [5.74, 6) is -0.0913. The molecule has 3 aromatic rings. The Kier molecular flexibility index (Phi) is 7.34. The number of nitrogen functional groups attached to an aromatic ring is 1. The van der Waals surface area contributed by atoms with Gasteiger partial charge in [0.2, 0.25) is 0 Å². The van der Waals surface area contributed by atoms with Crippen molar-refractivity contribution in [1.29, 1.82) is 10.5 Å². The number of hydrogen-bond donors (Lipinski definition) is 1. The quantitative estimate of drug-likeness (QED) is 0.526. The minimum atomic E-state index is -4.50. The third-order valence-corrected chi connectivity index (χ3v) is 5.90. The second-order valence-corrected chi connectivity index (χ2v) is 8.30. The number of thiophene rings is 1.